The van der Waals surface area contributed by atoms with Crippen LogP contribution in [0.3, 0.4) is 0 Å². The zero-order chi connectivity index (χ0) is 25.8. The third-order valence-electron chi connectivity index (χ3n) is 5.89. The van der Waals surface area contributed by atoms with Gasteiger partial charge in [-0.1, -0.05) is 12.1 Å². The van der Waals surface area contributed by atoms with Gasteiger partial charge in [-0.05, 0) is 50.4 Å². The van der Waals surface area contributed by atoms with Gasteiger partial charge in [-0.25, -0.2) is 9.18 Å². The summed E-state index contributed by atoms with van der Waals surface area (Å²) in [7, 11) is 1.63. The molecule has 2 rings (SSSR count). The van der Waals surface area contributed by atoms with Crippen LogP contribution in [0, 0.1) is 5.82 Å². The quantitative estimate of drug-likeness (QED) is 0.232. The smallest absolute Gasteiger partial charge is 0.317 e. The summed E-state index contributed by atoms with van der Waals surface area (Å²) in [5, 5.41) is 17.2. The molecule has 0 radical (unpaired) electrons. The predicted molar refractivity (Wildman–Crippen MR) is 127 cm³/mol. The number of hydrogen-bond donors (Lipinski definition) is 5. The lowest BCUT2D eigenvalue weighted by atomic mass is 10.0. The number of unbranched alkanes of at least 4 members (excludes halogenated alkanes) is 1. The van der Waals surface area contributed by atoms with Crippen LogP contribution in [-0.4, -0.2) is 97.1 Å². The van der Waals surface area contributed by atoms with Gasteiger partial charge in [0.15, 0.2) is 0 Å². The zero-order valence-electron chi connectivity index (χ0n) is 20.0. The molecule has 0 bridgehead atoms. The van der Waals surface area contributed by atoms with Gasteiger partial charge in [-0.15, -0.1) is 0 Å². The summed E-state index contributed by atoms with van der Waals surface area (Å²) in [6.07, 6.45) is 1.81. The fraction of sp³-hybridized carbons (Fsp3) is 0.565. The van der Waals surface area contributed by atoms with Gasteiger partial charge in [0, 0.05) is 32.7 Å². The van der Waals surface area contributed by atoms with Gasteiger partial charge in [-0.3, -0.25) is 19.3 Å². The molecule has 0 spiro atoms. The van der Waals surface area contributed by atoms with Crippen LogP contribution in [-0.2, 0) is 20.8 Å². The number of likely N-dealkylation sites (N-methyl/N-ethyl adjacent to an activating group) is 1. The SMILES string of the molecule is CN[C@@H](Cc1ccc(F)cc1)C(=O)N[C@@H](CCCCNC(=O)N1CCN(CC(=O)O)CC1)C(N)=O. The molecule has 1 heterocycles. The lowest BCUT2D eigenvalue weighted by molar-refractivity contribution is -0.138. The number of nitrogens with zero attached hydrogens (tertiary/aromatic N) is 2. The molecule has 11 nitrogen and oxygen atoms in total. The van der Waals surface area contributed by atoms with Gasteiger partial charge in [-0.2, -0.15) is 0 Å². The molecule has 1 aliphatic rings. The maximum absolute atomic E-state index is 13.1. The first-order valence-electron chi connectivity index (χ1n) is 11.7. The predicted octanol–water partition coefficient (Wildman–Crippen LogP) is -0.492. The molecular weight excluding hydrogens is 459 g/mol. The Bertz CT molecular complexity index is 860. The summed E-state index contributed by atoms with van der Waals surface area (Å²) < 4.78 is 13.1. The highest BCUT2D eigenvalue weighted by Crippen LogP contribution is 2.08. The average molecular weight is 495 g/mol. The van der Waals surface area contributed by atoms with E-state index in [0.29, 0.717) is 58.4 Å². The maximum Gasteiger partial charge on any atom is 0.317 e. The molecule has 194 valence electrons. The largest absolute Gasteiger partial charge is 0.480 e. The van der Waals surface area contributed by atoms with Gasteiger partial charge in [0.05, 0.1) is 12.6 Å². The minimum Gasteiger partial charge on any atom is -0.480 e. The van der Waals surface area contributed by atoms with E-state index in [1.54, 1.807) is 29.0 Å². The minimum absolute atomic E-state index is 0.0334. The van der Waals surface area contributed by atoms with E-state index in [1.807, 2.05) is 0 Å². The number of benzene rings is 1. The lowest BCUT2D eigenvalue weighted by Crippen LogP contribution is -2.52. The minimum atomic E-state index is -0.886. The highest BCUT2D eigenvalue weighted by molar-refractivity contribution is 5.89. The van der Waals surface area contributed by atoms with Crippen molar-refractivity contribution in [3.8, 4) is 0 Å². The molecule has 12 heteroatoms. The van der Waals surface area contributed by atoms with Crippen LogP contribution in [0.5, 0.6) is 0 Å². The Morgan fingerprint density at radius 2 is 1.71 bits per heavy atom. The molecule has 2 atom stereocenters. The standard InChI is InChI=1S/C23H35FN6O5/c1-26-19(14-16-5-7-17(24)8-6-16)22(34)28-18(21(25)33)4-2-3-9-27-23(35)30-12-10-29(11-13-30)15-20(31)32/h5-8,18-19,26H,2-4,9-15H2,1H3,(H2,25,33)(H,27,35)(H,28,34)(H,31,32)/t18-,19-/m0/s1. The number of carbonyl (C=O) groups excluding carboxylic acids is 3. The summed E-state index contributed by atoms with van der Waals surface area (Å²) >= 11 is 0. The zero-order valence-corrected chi connectivity index (χ0v) is 20.0. The van der Waals surface area contributed by atoms with E-state index in [4.69, 9.17) is 10.8 Å². The number of urea groups is 1. The van der Waals surface area contributed by atoms with Crippen LogP contribution in [0.4, 0.5) is 9.18 Å². The van der Waals surface area contributed by atoms with Crippen molar-refractivity contribution >= 4 is 23.8 Å². The van der Waals surface area contributed by atoms with E-state index in [2.05, 4.69) is 16.0 Å². The Balaban J connectivity index is 1.70. The summed E-state index contributed by atoms with van der Waals surface area (Å²) in [5.74, 6) is -2.26. The maximum atomic E-state index is 13.1. The fourth-order valence-corrected chi connectivity index (χ4v) is 3.82. The second-order valence-electron chi connectivity index (χ2n) is 8.52. The van der Waals surface area contributed by atoms with E-state index in [9.17, 15) is 23.6 Å². The van der Waals surface area contributed by atoms with Crippen LogP contribution in [0.1, 0.15) is 24.8 Å². The summed E-state index contributed by atoms with van der Waals surface area (Å²) in [6.45, 7) is 2.30. The van der Waals surface area contributed by atoms with Gasteiger partial charge in [0.2, 0.25) is 11.8 Å². The highest BCUT2D eigenvalue weighted by Gasteiger charge is 2.24. The Labute approximate surface area is 204 Å². The van der Waals surface area contributed by atoms with E-state index in [0.717, 1.165) is 5.56 Å². The average Bonchev–Trinajstić information content (AvgIpc) is 2.82. The molecule has 0 saturated carbocycles. The molecule has 1 saturated heterocycles. The number of aliphatic carboxylic acids is 1. The van der Waals surface area contributed by atoms with Gasteiger partial charge >= 0.3 is 12.0 Å². The van der Waals surface area contributed by atoms with Crippen molar-refractivity contribution in [1.82, 2.24) is 25.8 Å². The summed E-state index contributed by atoms with van der Waals surface area (Å²) in [5.41, 5.74) is 6.24. The third kappa shape index (κ3) is 9.87. The van der Waals surface area contributed by atoms with Crippen molar-refractivity contribution in [1.29, 1.82) is 0 Å². The Hall–Kier alpha value is -3.25. The van der Waals surface area contributed by atoms with Crippen LogP contribution in [0.15, 0.2) is 24.3 Å². The molecular formula is C23H35FN6O5. The van der Waals surface area contributed by atoms with E-state index < -0.39 is 24.0 Å². The Morgan fingerprint density at radius 3 is 2.29 bits per heavy atom. The van der Waals surface area contributed by atoms with E-state index >= 15 is 0 Å². The first-order chi connectivity index (χ1) is 16.7. The third-order valence-corrected chi connectivity index (χ3v) is 5.89. The second-order valence-corrected chi connectivity index (χ2v) is 8.52. The number of carboxylic acid groups (broad SMARTS) is 1. The lowest BCUT2D eigenvalue weighted by Gasteiger charge is -2.33. The number of rotatable bonds is 13. The molecule has 1 fully saturated rings. The van der Waals surface area contributed by atoms with Crippen molar-refractivity contribution in [3.05, 3.63) is 35.6 Å². The topological polar surface area (TPSA) is 157 Å². The number of halogens is 1. The first kappa shape index (κ1) is 28.0. The van der Waals surface area contributed by atoms with Crippen molar-refractivity contribution in [2.75, 3.05) is 46.3 Å². The monoisotopic (exact) mass is 494 g/mol. The van der Waals surface area contributed by atoms with Gasteiger partial charge in [0.1, 0.15) is 11.9 Å². The number of carbonyl (C=O) groups is 4. The molecule has 1 aromatic carbocycles. The van der Waals surface area contributed by atoms with Crippen molar-refractivity contribution in [2.45, 2.75) is 37.8 Å². The van der Waals surface area contributed by atoms with Crippen molar-refractivity contribution in [3.63, 3.8) is 0 Å². The fourth-order valence-electron chi connectivity index (χ4n) is 3.82. The van der Waals surface area contributed by atoms with E-state index in [-0.39, 0.29) is 24.3 Å². The number of primary amides is 1. The molecule has 1 aromatic rings. The summed E-state index contributed by atoms with van der Waals surface area (Å²) in [6, 6.07) is 4.18. The summed E-state index contributed by atoms with van der Waals surface area (Å²) in [4.78, 5) is 50.9. The van der Waals surface area contributed by atoms with Gasteiger partial charge < -0.3 is 31.7 Å². The van der Waals surface area contributed by atoms with E-state index in [1.165, 1.54) is 12.1 Å². The second kappa shape index (κ2) is 14.2. The van der Waals surface area contributed by atoms with Crippen LogP contribution in [0.2, 0.25) is 0 Å². The van der Waals surface area contributed by atoms with Crippen molar-refractivity contribution < 1.29 is 28.7 Å². The number of carboxylic acids is 1. The first-order valence-corrected chi connectivity index (χ1v) is 11.7. The Kier molecular flexibility index (Phi) is 11.4. The molecule has 0 aromatic heterocycles. The normalized spacial score (nSPS) is 15.8. The number of piperazine rings is 1. The highest BCUT2D eigenvalue weighted by atomic mass is 19.1. The molecule has 0 unspecified atom stereocenters. The molecule has 0 aliphatic carbocycles. The molecule has 6 N–H and O–H groups in total. The molecule has 4 amide bonds. The molecule has 35 heavy (non-hydrogen) atoms. The number of hydrogen-bond acceptors (Lipinski definition) is 6. The molecule has 1 aliphatic heterocycles. The Morgan fingerprint density at radius 1 is 1.06 bits per heavy atom. The number of nitrogens with two attached hydrogens (primary N) is 1. The number of amides is 4. The van der Waals surface area contributed by atoms with Crippen LogP contribution < -0.4 is 21.7 Å². The van der Waals surface area contributed by atoms with Crippen molar-refractivity contribution in [2.24, 2.45) is 5.73 Å². The van der Waals surface area contributed by atoms with Gasteiger partial charge in [0.25, 0.3) is 0 Å². The number of nitrogens with one attached hydrogen (secondary N) is 3. The van der Waals surface area contributed by atoms with Crippen LogP contribution in [0.25, 0.3) is 0 Å². The van der Waals surface area contributed by atoms with Crippen LogP contribution >= 0.6 is 0 Å².